The highest BCUT2D eigenvalue weighted by Crippen LogP contribution is 2.25. The average molecular weight is 243 g/mol. The van der Waals surface area contributed by atoms with Crippen molar-refractivity contribution in [3.8, 4) is 0 Å². The molecule has 3 heteroatoms. The van der Waals surface area contributed by atoms with Crippen LogP contribution in [0.3, 0.4) is 0 Å². The van der Waals surface area contributed by atoms with E-state index >= 15 is 0 Å². The summed E-state index contributed by atoms with van der Waals surface area (Å²) in [7, 11) is 1.74. The first-order chi connectivity index (χ1) is 8.14. The van der Waals surface area contributed by atoms with Crippen LogP contribution in [0, 0.1) is 5.41 Å². The summed E-state index contributed by atoms with van der Waals surface area (Å²) in [5, 5.41) is 3.45. The lowest BCUT2D eigenvalue weighted by Crippen LogP contribution is -2.31. The number of hydrogen-bond donors (Lipinski definition) is 1. The van der Waals surface area contributed by atoms with Crippen molar-refractivity contribution >= 4 is 0 Å². The van der Waals surface area contributed by atoms with Crippen LogP contribution in [0.25, 0.3) is 0 Å². The molecular formula is C14H29NO2. The lowest BCUT2D eigenvalue weighted by molar-refractivity contribution is 0.0985. The van der Waals surface area contributed by atoms with E-state index in [4.69, 9.17) is 9.47 Å². The summed E-state index contributed by atoms with van der Waals surface area (Å²) >= 11 is 0. The first-order valence-corrected chi connectivity index (χ1v) is 6.95. The molecule has 3 nitrogen and oxygen atoms in total. The highest BCUT2D eigenvalue weighted by molar-refractivity contribution is 4.73. The van der Waals surface area contributed by atoms with E-state index < -0.39 is 0 Å². The van der Waals surface area contributed by atoms with Crippen molar-refractivity contribution in [2.24, 2.45) is 5.41 Å². The SMILES string of the molecule is COCCNCC(C)(C)CCCC1CCCO1. The van der Waals surface area contributed by atoms with Crippen molar-refractivity contribution in [1.82, 2.24) is 5.32 Å². The standard InChI is InChI=1S/C14H29NO2/c1-14(2,12-15-9-11-16-3)8-4-6-13-7-5-10-17-13/h13,15H,4-12H2,1-3H3. The van der Waals surface area contributed by atoms with Crippen molar-refractivity contribution < 1.29 is 9.47 Å². The number of hydrogen-bond acceptors (Lipinski definition) is 3. The van der Waals surface area contributed by atoms with E-state index in [1.165, 1.54) is 32.1 Å². The van der Waals surface area contributed by atoms with Crippen molar-refractivity contribution in [2.75, 3.05) is 33.4 Å². The van der Waals surface area contributed by atoms with Crippen LogP contribution in [0.4, 0.5) is 0 Å². The third-order valence-corrected chi connectivity index (χ3v) is 3.49. The molecule has 1 atom stereocenters. The van der Waals surface area contributed by atoms with Crippen LogP contribution < -0.4 is 5.32 Å². The molecule has 102 valence electrons. The van der Waals surface area contributed by atoms with Gasteiger partial charge >= 0.3 is 0 Å². The van der Waals surface area contributed by atoms with Gasteiger partial charge in [-0.3, -0.25) is 0 Å². The monoisotopic (exact) mass is 243 g/mol. The van der Waals surface area contributed by atoms with Gasteiger partial charge in [0, 0.05) is 26.8 Å². The average Bonchev–Trinajstić information content (AvgIpc) is 2.77. The molecule has 0 amide bonds. The van der Waals surface area contributed by atoms with Crippen LogP contribution in [-0.2, 0) is 9.47 Å². The minimum absolute atomic E-state index is 0.381. The zero-order valence-corrected chi connectivity index (χ0v) is 11.8. The molecule has 1 aliphatic heterocycles. The Morgan fingerprint density at radius 2 is 2.24 bits per heavy atom. The molecule has 0 radical (unpaired) electrons. The van der Waals surface area contributed by atoms with E-state index in [9.17, 15) is 0 Å². The van der Waals surface area contributed by atoms with Gasteiger partial charge in [-0.1, -0.05) is 20.3 Å². The number of methoxy groups -OCH3 is 1. The number of nitrogens with one attached hydrogen (secondary N) is 1. The van der Waals surface area contributed by atoms with Crippen molar-refractivity contribution in [2.45, 2.75) is 52.1 Å². The van der Waals surface area contributed by atoms with Gasteiger partial charge in [0.05, 0.1) is 12.7 Å². The highest BCUT2D eigenvalue weighted by Gasteiger charge is 2.19. The van der Waals surface area contributed by atoms with Crippen molar-refractivity contribution in [3.63, 3.8) is 0 Å². The fraction of sp³-hybridized carbons (Fsp3) is 1.00. The summed E-state index contributed by atoms with van der Waals surface area (Å²) < 4.78 is 10.7. The predicted octanol–water partition coefficient (Wildman–Crippen LogP) is 2.60. The smallest absolute Gasteiger partial charge is 0.0587 e. The molecule has 0 bridgehead atoms. The van der Waals surface area contributed by atoms with E-state index in [0.29, 0.717) is 11.5 Å². The lowest BCUT2D eigenvalue weighted by atomic mass is 9.86. The lowest BCUT2D eigenvalue weighted by Gasteiger charge is -2.25. The molecule has 0 aromatic heterocycles. The van der Waals surface area contributed by atoms with Crippen LogP contribution in [0.2, 0.25) is 0 Å². The Morgan fingerprint density at radius 1 is 1.41 bits per heavy atom. The van der Waals surface area contributed by atoms with Crippen LogP contribution in [-0.4, -0.2) is 39.5 Å². The molecule has 1 fully saturated rings. The zero-order chi connectivity index (χ0) is 12.6. The highest BCUT2D eigenvalue weighted by atomic mass is 16.5. The third kappa shape index (κ3) is 7.02. The molecule has 0 saturated carbocycles. The number of ether oxygens (including phenoxy) is 2. The van der Waals surface area contributed by atoms with Gasteiger partial charge in [0.2, 0.25) is 0 Å². The second-order valence-electron chi connectivity index (χ2n) is 5.86. The molecule has 0 aliphatic carbocycles. The molecule has 17 heavy (non-hydrogen) atoms. The molecule has 0 aromatic rings. The molecule has 0 aromatic carbocycles. The van der Waals surface area contributed by atoms with Gasteiger partial charge in [-0.25, -0.2) is 0 Å². The van der Waals surface area contributed by atoms with Gasteiger partial charge in [-0.2, -0.15) is 0 Å². The van der Waals surface area contributed by atoms with Gasteiger partial charge in [0.1, 0.15) is 0 Å². The van der Waals surface area contributed by atoms with Crippen LogP contribution in [0.15, 0.2) is 0 Å². The molecular weight excluding hydrogens is 214 g/mol. The Morgan fingerprint density at radius 3 is 2.88 bits per heavy atom. The van der Waals surface area contributed by atoms with Crippen LogP contribution in [0.5, 0.6) is 0 Å². The Labute approximate surface area is 106 Å². The third-order valence-electron chi connectivity index (χ3n) is 3.49. The predicted molar refractivity (Wildman–Crippen MR) is 71.4 cm³/mol. The Hall–Kier alpha value is -0.120. The van der Waals surface area contributed by atoms with Gasteiger partial charge in [-0.15, -0.1) is 0 Å². The van der Waals surface area contributed by atoms with Gasteiger partial charge in [-0.05, 0) is 31.1 Å². The Bertz CT molecular complexity index is 189. The van der Waals surface area contributed by atoms with E-state index in [-0.39, 0.29) is 0 Å². The van der Waals surface area contributed by atoms with Crippen LogP contribution in [0.1, 0.15) is 46.0 Å². The normalized spacial score (nSPS) is 21.0. The Balaban J connectivity index is 2.02. The molecule has 0 spiro atoms. The summed E-state index contributed by atoms with van der Waals surface area (Å²) in [5.41, 5.74) is 0.381. The van der Waals surface area contributed by atoms with E-state index in [0.717, 1.165) is 26.3 Å². The summed E-state index contributed by atoms with van der Waals surface area (Å²) in [6, 6.07) is 0. The summed E-state index contributed by atoms with van der Waals surface area (Å²) in [4.78, 5) is 0. The molecule has 1 unspecified atom stereocenters. The van der Waals surface area contributed by atoms with Crippen molar-refractivity contribution in [3.05, 3.63) is 0 Å². The number of rotatable bonds is 9. The van der Waals surface area contributed by atoms with E-state index in [1.54, 1.807) is 7.11 Å². The second kappa shape index (κ2) is 8.06. The fourth-order valence-electron chi connectivity index (χ4n) is 2.37. The fourth-order valence-corrected chi connectivity index (χ4v) is 2.37. The second-order valence-corrected chi connectivity index (χ2v) is 5.86. The summed E-state index contributed by atoms with van der Waals surface area (Å²) in [5.74, 6) is 0. The largest absolute Gasteiger partial charge is 0.383 e. The zero-order valence-electron chi connectivity index (χ0n) is 11.8. The molecule has 1 aliphatic rings. The maximum Gasteiger partial charge on any atom is 0.0587 e. The Kier molecular flexibility index (Phi) is 7.09. The molecule has 1 N–H and O–H groups in total. The summed E-state index contributed by atoms with van der Waals surface area (Å²) in [6.07, 6.45) is 6.86. The molecule has 1 saturated heterocycles. The topological polar surface area (TPSA) is 30.5 Å². The summed E-state index contributed by atoms with van der Waals surface area (Å²) in [6.45, 7) is 8.47. The minimum atomic E-state index is 0.381. The van der Waals surface area contributed by atoms with Gasteiger partial charge in [0.15, 0.2) is 0 Å². The van der Waals surface area contributed by atoms with E-state index in [2.05, 4.69) is 19.2 Å². The van der Waals surface area contributed by atoms with Crippen molar-refractivity contribution in [1.29, 1.82) is 0 Å². The maximum atomic E-state index is 5.65. The first kappa shape index (κ1) is 14.9. The maximum absolute atomic E-state index is 5.65. The molecule has 1 rings (SSSR count). The quantitative estimate of drug-likeness (QED) is 0.631. The first-order valence-electron chi connectivity index (χ1n) is 6.95. The van der Waals surface area contributed by atoms with E-state index in [1.807, 2.05) is 0 Å². The van der Waals surface area contributed by atoms with Gasteiger partial charge in [0.25, 0.3) is 0 Å². The van der Waals surface area contributed by atoms with Gasteiger partial charge < -0.3 is 14.8 Å². The van der Waals surface area contributed by atoms with Crippen LogP contribution >= 0.6 is 0 Å². The minimum Gasteiger partial charge on any atom is -0.383 e. The molecule has 1 heterocycles.